The van der Waals surface area contributed by atoms with Crippen LogP contribution in [-0.4, -0.2) is 36.4 Å². The van der Waals surface area contributed by atoms with Crippen molar-refractivity contribution in [2.24, 2.45) is 0 Å². The summed E-state index contributed by atoms with van der Waals surface area (Å²) in [5.41, 5.74) is 3.95. The number of aliphatic hydroxyl groups excluding tert-OH is 1. The number of ether oxygens (including phenoxy) is 2. The number of carbonyl (C=O) groups excluding carboxylic acids is 2. The topological polar surface area (TPSA) is 99.1 Å². The summed E-state index contributed by atoms with van der Waals surface area (Å²) in [6.07, 6.45) is 24.1. The molecule has 7 heteroatoms. The molecule has 0 saturated carbocycles. The van der Waals surface area contributed by atoms with E-state index in [0.717, 1.165) is 94.3 Å². The molecule has 0 aliphatic heterocycles. The third-order valence-electron chi connectivity index (χ3n) is 9.69. The maximum Gasteiger partial charge on any atom is 0.306 e. The quantitative estimate of drug-likeness (QED) is 0.0645. The summed E-state index contributed by atoms with van der Waals surface area (Å²) < 4.78 is 22.7. The first-order valence-electron chi connectivity index (χ1n) is 19.9. The summed E-state index contributed by atoms with van der Waals surface area (Å²) in [7, 11) is 0. The van der Waals surface area contributed by atoms with E-state index in [9.17, 15) is 14.7 Å². The van der Waals surface area contributed by atoms with E-state index in [1.54, 1.807) is 0 Å². The smallest absolute Gasteiger partial charge is 0.306 e. The van der Waals surface area contributed by atoms with Gasteiger partial charge in [-0.2, -0.15) is 0 Å². The molecule has 0 unspecified atom stereocenters. The molecule has 0 aromatic carbocycles. The molecule has 0 spiro atoms. The largest absolute Gasteiger partial charge is 0.466 e. The number of unbranched alkanes of at least 4 members (excludes halogenated alkanes) is 14. The van der Waals surface area contributed by atoms with Crippen LogP contribution in [0, 0.1) is 20.8 Å². The molecule has 2 heterocycles. The first kappa shape index (κ1) is 42.6. The van der Waals surface area contributed by atoms with Crippen molar-refractivity contribution in [2.75, 3.05) is 13.2 Å². The molecule has 0 fully saturated rings. The number of hydrogen-bond donors (Lipinski definition) is 1. The zero-order valence-corrected chi connectivity index (χ0v) is 31.9. The fraction of sp³-hybridized carbons (Fsp3) is 0.762. The Bertz CT molecular complexity index is 1160. The average Bonchev–Trinajstić information content (AvgIpc) is 3.57. The van der Waals surface area contributed by atoms with Crippen molar-refractivity contribution in [1.82, 2.24) is 0 Å². The lowest BCUT2D eigenvalue weighted by Gasteiger charge is -2.15. The van der Waals surface area contributed by atoms with Crippen LogP contribution in [0.15, 0.2) is 14.9 Å². The van der Waals surface area contributed by atoms with Crippen LogP contribution in [0.25, 0.3) is 0 Å². The number of furan rings is 2. The Morgan fingerprint density at radius 3 is 1.61 bits per heavy atom. The fourth-order valence-corrected chi connectivity index (χ4v) is 6.49. The van der Waals surface area contributed by atoms with E-state index in [1.807, 2.05) is 0 Å². The van der Waals surface area contributed by atoms with Crippen molar-refractivity contribution < 1.29 is 33.0 Å². The highest BCUT2D eigenvalue weighted by Crippen LogP contribution is 2.25. The van der Waals surface area contributed by atoms with Crippen molar-refractivity contribution in [1.29, 1.82) is 0 Å². The standard InChI is InChI=1S/C42H70O7/c1-6-24-36-30-33(3)38(47-36)26-20-16-12-8-10-14-18-22-28-41(44)46-32-37(31-43)48-42(45)29-23-19-15-11-9-13-17-21-27-40-35(5)34(4)39(49-40)25-7-2/h30,37,43H,6-29,31-32H2,1-5H3/t37-/m0/s1. The van der Waals surface area contributed by atoms with Gasteiger partial charge in [0, 0.05) is 38.5 Å². The maximum atomic E-state index is 12.2. The van der Waals surface area contributed by atoms with Gasteiger partial charge in [0.15, 0.2) is 6.10 Å². The van der Waals surface area contributed by atoms with Gasteiger partial charge in [-0.3, -0.25) is 9.59 Å². The summed E-state index contributed by atoms with van der Waals surface area (Å²) in [4.78, 5) is 24.4. The Kier molecular flexibility index (Phi) is 22.9. The molecule has 0 saturated heterocycles. The second kappa shape index (κ2) is 26.3. The van der Waals surface area contributed by atoms with Crippen LogP contribution < -0.4 is 0 Å². The predicted molar refractivity (Wildman–Crippen MR) is 198 cm³/mol. The Hall–Kier alpha value is -2.54. The first-order chi connectivity index (χ1) is 23.8. The summed E-state index contributed by atoms with van der Waals surface area (Å²) in [6.45, 7) is 10.4. The van der Waals surface area contributed by atoms with Gasteiger partial charge in [0.25, 0.3) is 0 Å². The molecule has 0 bridgehead atoms. The molecule has 7 nitrogen and oxygen atoms in total. The number of aryl methyl sites for hydroxylation is 5. The third kappa shape index (κ3) is 18.3. The van der Waals surface area contributed by atoms with Gasteiger partial charge < -0.3 is 23.4 Å². The molecule has 280 valence electrons. The molecule has 0 aliphatic rings. The van der Waals surface area contributed by atoms with Crippen molar-refractivity contribution in [3.8, 4) is 0 Å². The Balaban J connectivity index is 1.38. The lowest BCUT2D eigenvalue weighted by molar-refractivity contribution is -0.161. The van der Waals surface area contributed by atoms with Gasteiger partial charge >= 0.3 is 11.9 Å². The van der Waals surface area contributed by atoms with Gasteiger partial charge in [-0.1, -0.05) is 90.9 Å². The molecule has 1 atom stereocenters. The van der Waals surface area contributed by atoms with E-state index in [4.69, 9.17) is 18.3 Å². The number of aliphatic hydroxyl groups is 1. The lowest BCUT2D eigenvalue weighted by Crippen LogP contribution is -2.28. The third-order valence-corrected chi connectivity index (χ3v) is 9.69. The van der Waals surface area contributed by atoms with Gasteiger partial charge in [-0.25, -0.2) is 0 Å². The zero-order chi connectivity index (χ0) is 35.7. The van der Waals surface area contributed by atoms with E-state index in [0.29, 0.717) is 12.8 Å². The monoisotopic (exact) mass is 687 g/mol. The molecule has 1 N–H and O–H groups in total. The van der Waals surface area contributed by atoms with Crippen LogP contribution in [-0.2, 0) is 44.7 Å². The van der Waals surface area contributed by atoms with Crippen LogP contribution >= 0.6 is 0 Å². The summed E-state index contributed by atoms with van der Waals surface area (Å²) in [5.74, 6) is 3.98. The molecule has 2 rings (SSSR count). The zero-order valence-electron chi connectivity index (χ0n) is 31.9. The van der Waals surface area contributed by atoms with Crippen LogP contribution in [0.5, 0.6) is 0 Å². The average molecular weight is 687 g/mol. The number of rotatable bonds is 30. The van der Waals surface area contributed by atoms with Gasteiger partial charge in [0.05, 0.1) is 6.61 Å². The number of hydrogen-bond acceptors (Lipinski definition) is 7. The van der Waals surface area contributed by atoms with E-state index in [2.05, 4.69) is 40.7 Å². The van der Waals surface area contributed by atoms with E-state index in [-0.39, 0.29) is 25.2 Å². The Labute approximate surface area is 298 Å². The van der Waals surface area contributed by atoms with E-state index < -0.39 is 6.10 Å². The van der Waals surface area contributed by atoms with Gasteiger partial charge in [0.1, 0.15) is 29.6 Å². The highest BCUT2D eigenvalue weighted by molar-refractivity contribution is 5.70. The molecule has 0 aliphatic carbocycles. The molecule has 49 heavy (non-hydrogen) atoms. The van der Waals surface area contributed by atoms with Crippen molar-refractivity contribution >= 4 is 11.9 Å². The summed E-state index contributed by atoms with van der Waals surface area (Å²) >= 11 is 0. The van der Waals surface area contributed by atoms with Crippen LogP contribution in [0.1, 0.15) is 182 Å². The van der Waals surface area contributed by atoms with Gasteiger partial charge in [0.2, 0.25) is 0 Å². The maximum absolute atomic E-state index is 12.2. The molecule has 2 aromatic rings. The second-order valence-electron chi connectivity index (χ2n) is 14.2. The van der Waals surface area contributed by atoms with Crippen LogP contribution in [0.3, 0.4) is 0 Å². The SMILES string of the molecule is CCCc1cc(C)c(CCCCCCCCCCC(=O)OC[C@H](CO)OC(=O)CCCCCCCCCCc2oc(CCC)c(C)c2C)o1. The second-order valence-corrected chi connectivity index (χ2v) is 14.2. The van der Waals surface area contributed by atoms with E-state index in [1.165, 1.54) is 86.7 Å². The van der Waals surface area contributed by atoms with E-state index >= 15 is 0 Å². The van der Waals surface area contributed by atoms with Gasteiger partial charge in [-0.05, 0) is 82.1 Å². The molecular formula is C42H70O7. The summed E-state index contributed by atoms with van der Waals surface area (Å²) in [5, 5.41) is 9.59. The minimum atomic E-state index is -0.793. The van der Waals surface area contributed by atoms with Crippen LogP contribution in [0.2, 0.25) is 0 Å². The van der Waals surface area contributed by atoms with Crippen molar-refractivity contribution in [2.45, 2.75) is 195 Å². The highest BCUT2D eigenvalue weighted by atomic mass is 16.6. The fourth-order valence-electron chi connectivity index (χ4n) is 6.49. The minimum absolute atomic E-state index is 0.0858. The highest BCUT2D eigenvalue weighted by Gasteiger charge is 2.16. The number of esters is 2. The Morgan fingerprint density at radius 1 is 0.612 bits per heavy atom. The van der Waals surface area contributed by atoms with Crippen molar-refractivity contribution in [3.63, 3.8) is 0 Å². The first-order valence-corrected chi connectivity index (χ1v) is 19.9. The molecule has 0 radical (unpaired) electrons. The predicted octanol–water partition coefficient (Wildman–Crippen LogP) is 11.0. The van der Waals surface area contributed by atoms with Gasteiger partial charge in [-0.15, -0.1) is 0 Å². The lowest BCUT2D eigenvalue weighted by atomic mass is 10.0. The summed E-state index contributed by atoms with van der Waals surface area (Å²) in [6, 6.07) is 2.19. The number of carbonyl (C=O) groups is 2. The minimum Gasteiger partial charge on any atom is -0.466 e. The van der Waals surface area contributed by atoms with Crippen molar-refractivity contribution in [3.05, 3.63) is 45.8 Å². The Morgan fingerprint density at radius 2 is 1.08 bits per heavy atom. The van der Waals surface area contributed by atoms with Crippen LogP contribution in [0.4, 0.5) is 0 Å². The molecule has 0 amide bonds. The molecule has 2 aromatic heterocycles. The normalized spacial score (nSPS) is 12.0. The molecular weight excluding hydrogens is 616 g/mol.